The smallest absolute Gasteiger partial charge is 0.264 e. The van der Waals surface area contributed by atoms with Gasteiger partial charge in [-0.1, -0.05) is 28.0 Å². The van der Waals surface area contributed by atoms with Gasteiger partial charge in [-0.05, 0) is 18.2 Å². The normalized spacial score (nSPS) is 10.6. The van der Waals surface area contributed by atoms with Crippen LogP contribution in [0.4, 0.5) is 0 Å². The van der Waals surface area contributed by atoms with Gasteiger partial charge in [-0.25, -0.2) is 0 Å². The number of aliphatic hydroxyl groups is 1. The first-order valence-corrected chi connectivity index (χ1v) is 6.35. The lowest BCUT2D eigenvalue weighted by Gasteiger charge is -2.08. The number of benzene rings is 1. The maximum Gasteiger partial charge on any atom is 0.264 e. The number of aliphatic hydroxyl groups excluding tert-OH is 1. The number of rotatable bonds is 5. The van der Waals surface area contributed by atoms with Crippen molar-refractivity contribution < 1.29 is 14.4 Å². The predicted octanol–water partition coefficient (Wildman–Crippen LogP) is 2.47. The van der Waals surface area contributed by atoms with Gasteiger partial charge in [-0.15, -0.1) is 0 Å². The van der Waals surface area contributed by atoms with Gasteiger partial charge < -0.3 is 14.4 Å². The topological polar surface area (TPSA) is 68.4 Å². The molecule has 0 atom stereocenters. The van der Waals surface area contributed by atoms with Crippen LogP contribution in [-0.2, 0) is 19.6 Å². The maximum absolute atomic E-state index is 9.23. The van der Waals surface area contributed by atoms with Crippen molar-refractivity contribution >= 4 is 15.9 Å². The van der Waals surface area contributed by atoms with Crippen LogP contribution in [0.2, 0.25) is 0 Å². The Morgan fingerprint density at radius 2 is 2.28 bits per heavy atom. The average Bonchev–Trinajstić information content (AvgIpc) is 2.85. The van der Waals surface area contributed by atoms with Gasteiger partial charge in [-0.3, -0.25) is 0 Å². The molecule has 0 aliphatic heterocycles. The summed E-state index contributed by atoms with van der Waals surface area (Å²) in [7, 11) is 0. The molecule has 1 aromatic heterocycles. The molecule has 1 N–H and O–H groups in total. The lowest BCUT2D eigenvalue weighted by Crippen LogP contribution is -1.99. The Labute approximate surface area is 113 Å². The molecule has 0 amide bonds. The summed E-state index contributed by atoms with van der Waals surface area (Å²) in [5.74, 6) is 1.70. The summed E-state index contributed by atoms with van der Waals surface area (Å²) in [6, 6.07) is 5.44. The van der Waals surface area contributed by atoms with E-state index in [0.717, 1.165) is 10.9 Å². The average molecular weight is 313 g/mol. The highest BCUT2D eigenvalue weighted by Gasteiger charge is 2.08. The largest absolute Gasteiger partial charge is 0.483 e. The second-order valence-corrected chi connectivity index (χ2v) is 4.57. The molecule has 0 spiro atoms. The summed E-state index contributed by atoms with van der Waals surface area (Å²) >= 11 is 3.34. The van der Waals surface area contributed by atoms with Crippen molar-refractivity contribution in [2.75, 3.05) is 0 Å². The number of nitrogens with zero attached hydrogens (tertiary/aromatic N) is 2. The Balaban J connectivity index is 2.05. The molecule has 2 rings (SSSR count). The van der Waals surface area contributed by atoms with Crippen LogP contribution in [0.25, 0.3) is 0 Å². The Bertz CT molecular complexity index is 528. The minimum absolute atomic E-state index is 0.0845. The Morgan fingerprint density at radius 3 is 2.94 bits per heavy atom. The van der Waals surface area contributed by atoms with E-state index in [2.05, 4.69) is 26.1 Å². The van der Waals surface area contributed by atoms with Crippen LogP contribution in [0.5, 0.6) is 5.75 Å². The maximum atomic E-state index is 9.23. The van der Waals surface area contributed by atoms with Crippen molar-refractivity contribution in [3.05, 3.63) is 40.0 Å². The van der Waals surface area contributed by atoms with Crippen LogP contribution in [0.15, 0.2) is 27.2 Å². The molecule has 5 nitrogen and oxygen atoms in total. The third-order valence-corrected chi connectivity index (χ3v) is 2.86. The van der Waals surface area contributed by atoms with E-state index in [1.165, 1.54) is 0 Å². The molecule has 6 heteroatoms. The van der Waals surface area contributed by atoms with Gasteiger partial charge in [0.2, 0.25) is 0 Å². The van der Waals surface area contributed by atoms with E-state index in [0.29, 0.717) is 23.0 Å². The van der Waals surface area contributed by atoms with Crippen molar-refractivity contribution in [3.8, 4) is 5.75 Å². The third kappa shape index (κ3) is 3.08. The number of aromatic nitrogens is 2. The van der Waals surface area contributed by atoms with E-state index in [1.807, 2.05) is 13.0 Å². The molecule has 0 aliphatic rings. The third-order valence-electron chi connectivity index (χ3n) is 2.37. The van der Waals surface area contributed by atoms with Crippen molar-refractivity contribution in [2.24, 2.45) is 0 Å². The van der Waals surface area contributed by atoms with Crippen molar-refractivity contribution in [1.82, 2.24) is 10.1 Å². The molecule has 0 radical (unpaired) electrons. The van der Waals surface area contributed by atoms with Crippen LogP contribution >= 0.6 is 15.9 Å². The minimum Gasteiger partial charge on any atom is -0.483 e. The van der Waals surface area contributed by atoms with Crippen molar-refractivity contribution in [3.63, 3.8) is 0 Å². The van der Waals surface area contributed by atoms with E-state index in [1.54, 1.807) is 12.1 Å². The monoisotopic (exact) mass is 312 g/mol. The molecular formula is C12H13BrN2O3. The van der Waals surface area contributed by atoms with Crippen molar-refractivity contribution in [1.29, 1.82) is 0 Å². The Kier molecular flexibility index (Phi) is 4.33. The molecule has 1 heterocycles. The molecular weight excluding hydrogens is 300 g/mol. The van der Waals surface area contributed by atoms with E-state index >= 15 is 0 Å². The second kappa shape index (κ2) is 5.97. The molecule has 0 saturated carbocycles. The lowest BCUT2D eigenvalue weighted by molar-refractivity contribution is 0.228. The highest BCUT2D eigenvalue weighted by atomic mass is 79.9. The van der Waals surface area contributed by atoms with Crippen LogP contribution in [-0.4, -0.2) is 15.2 Å². The van der Waals surface area contributed by atoms with Gasteiger partial charge in [0.05, 0.1) is 6.61 Å². The SMILES string of the molecule is CCc1noc(COc2ccc(Br)cc2CO)n1. The summed E-state index contributed by atoms with van der Waals surface area (Å²) in [5, 5.41) is 13.0. The van der Waals surface area contributed by atoms with Crippen LogP contribution in [0.3, 0.4) is 0 Å². The zero-order valence-electron chi connectivity index (χ0n) is 9.89. The van der Waals surface area contributed by atoms with E-state index < -0.39 is 0 Å². The van der Waals surface area contributed by atoms with Gasteiger partial charge in [0.1, 0.15) is 5.75 Å². The quantitative estimate of drug-likeness (QED) is 0.918. The Morgan fingerprint density at radius 1 is 1.44 bits per heavy atom. The number of ether oxygens (including phenoxy) is 1. The van der Waals surface area contributed by atoms with Crippen molar-refractivity contribution in [2.45, 2.75) is 26.6 Å². The van der Waals surface area contributed by atoms with E-state index in [4.69, 9.17) is 9.26 Å². The fourth-order valence-electron chi connectivity index (χ4n) is 1.44. The van der Waals surface area contributed by atoms with Crippen LogP contribution < -0.4 is 4.74 Å². The molecule has 0 unspecified atom stereocenters. The molecule has 0 fully saturated rings. The minimum atomic E-state index is -0.0845. The molecule has 1 aromatic carbocycles. The summed E-state index contributed by atoms with van der Waals surface area (Å²) in [6.45, 7) is 2.06. The summed E-state index contributed by atoms with van der Waals surface area (Å²) in [4.78, 5) is 4.14. The van der Waals surface area contributed by atoms with Crippen LogP contribution in [0.1, 0.15) is 24.2 Å². The standard InChI is InChI=1S/C12H13BrN2O3/c1-2-11-14-12(18-15-11)7-17-10-4-3-9(13)5-8(10)6-16/h3-5,16H,2,6-7H2,1H3. The molecule has 2 aromatic rings. The highest BCUT2D eigenvalue weighted by molar-refractivity contribution is 9.10. The Hall–Kier alpha value is -1.40. The molecule has 96 valence electrons. The van der Waals surface area contributed by atoms with Gasteiger partial charge in [0, 0.05) is 16.5 Å². The van der Waals surface area contributed by atoms with E-state index in [-0.39, 0.29) is 13.2 Å². The van der Waals surface area contributed by atoms with Gasteiger partial charge in [-0.2, -0.15) is 4.98 Å². The van der Waals surface area contributed by atoms with Gasteiger partial charge in [0.15, 0.2) is 12.4 Å². The zero-order valence-corrected chi connectivity index (χ0v) is 11.5. The van der Waals surface area contributed by atoms with Crippen LogP contribution in [0, 0.1) is 0 Å². The second-order valence-electron chi connectivity index (χ2n) is 3.66. The number of hydrogen-bond donors (Lipinski definition) is 1. The molecule has 0 saturated heterocycles. The number of hydrogen-bond acceptors (Lipinski definition) is 5. The number of aryl methyl sites for hydroxylation is 1. The zero-order chi connectivity index (χ0) is 13.0. The molecule has 18 heavy (non-hydrogen) atoms. The highest BCUT2D eigenvalue weighted by Crippen LogP contribution is 2.23. The first-order chi connectivity index (χ1) is 8.72. The molecule has 0 bridgehead atoms. The fourth-order valence-corrected chi connectivity index (χ4v) is 1.85. The summed E-state index contributed by atoms with van der Waals surface area (Å²) in [6.07, 6.45) is 0.726. The summed E-state index contributed by atoms with van der Waals surface area (Å²) in [5.41, 5.74) is 0.708. The summed E-state index contributed by atoms with van der Waals surface area (Å²) < 4.78 is 11.5. The lowest BCUT2D eigenvalue weighted by atomic mass is 10.2. The fraction of sp³-hybridized carbons (Fsp3) is 0.333. The first kappa shape index (κ1) is 13.0. The van der Waals surface area contributed by atoms with Gasteiger partial charge >= 0.3 is 0 Å². The molecule has 0 aliphatic carbocycles. The number of halogens is 1. The predicted molar refractivity (Wildman–Crippen MR) is 68.1 cm³/mol. The van der Waals surface area contributed by atoms with E-state index in [9.17, 15) is 5.11 Å². The van der Waals surface area contributed by atoms with Gasteiger partial charge in [0.25, 0.3) is 5.89 Å². The first-order valence-electron chi connectivity index (χ1n) is 5.56.